The lowest BCUT2D eigenvalue weighted by atomic mass is 9.95. The fourth-order valence-electron chi connectivity index (χ4n) is 2.92. The van der Waals surface area contributed by atoms with Gasteiger partial charge in [0.15, 0.2) is 11.6 Å². The summed E-state index contributed by atoms with van der Waals surface area (Å²) in [5, 5.41) is 0. The zero-order valence-electron chi connectivity index (χ0n) is 11.7. The van der Waals surface area contributed by atoms with E-state index < -0.39 is 0 Å². The standard InChI is InChI=1S/C8H8BrNO.C8H9NO.CH4/c9-8-5-2-1-3-7(11)6(5)4-10-8;10-8-3-1-2-6-4-9-5-7(6)8;/h4,10H,1-3H2;4-5,9H,1-3H2;1H4. The van der Waals surface area contributed by atoms with E-state index in [1.54, 1.807) is 12.4 Å². The van der Waals surface area contributed by atoms with E-state index in [4.69, 9.17) is 0 Å². The van der Waals surface area contributed by atoms with Crippen LogP contribution in [0, 0.1) is 0 Å². The van der Waals surface area contributed by atoms with Crippen molar-refractivity contribution in [2.24, 2.45) is 0 Å². The summed E-state index contributed by atoms with van der Waals surface area (Å²) in [6, 6.07) is 0. The number of nitrogens with one attached hydrogen (secondary N) is 2. The Labute approximate surface area is 138 Å². The topological polar surface area (TPSA) is 65.7 Å². The van der Waals surface area contributed by atoms with E-state index in [1.165, 1.54) is 5.56 Å². The van der Waals surface area contributed by atoms with Gasteiger partial charge in [-0.1, -0.05) is 7.43 Å². The van der Waals surface area contributed by atoms with Crippen molar-refractivity contribution in [3.8, 4) is 0 Å². The second-order valence-corrected chi connectivity index (χ2v) is 6.24. The van der Waals surface area contributed by atoms with Gasteiger partial charge in [0.1, 0.15) is 0 Å². The van der Waals surface area contributed by atoms with Gasteiger partial charge in [-0.3, -0.25) is 9.59 Å². The quantitative estimate of drug-likeness (QED) is 0.724. The number of rotatable bonds is 0. The first-order valence-electron chi connectivity index (χ1n) is 7.24. The van der Waals surface area contributed by atoms with Crippen molar-refractivity contribution in [3.05, 3.63) is 45.4 Å². The van der Waals surface area contributed by atoms with Crippen molar-refractivity contribution < 1.29 is 9.59 Å². The molecule has 2 N–H and O–H groups in total. The number of hydrogen-bond donors (Lipinski definition) is 2. The SMILES string of the molecule is C.O=C1CCCc2c1c[nH]c2Br.O=C1CCCc2c[nH]cc21. The third kappa shape index (κ3) is 3.24. The normalized spacial score (nSPS) is 16.0. The van der Waals surface area contributed by atoms with Crippen LogP contribution in [0.1, 0.15) is 65.0 Å². The summed E-state index contributed by atoms with van der Waals surface area (Å²) in [4.78, 5) is 28.3. The van der Waals surface area contributed by atoms with Crippen molar-refractivity contribution in [1.29, 1.82) is 0 Å². The maximum absolute atomic E-state index is 11.3. The Kier molecular flexibility index (Phi) is 5.40. The van der Waals surface area contributed by atoms with Gasteiger partial charge in [0.25, 0.3) is 0 Å². The zero-order valence-corrected chi connectivity index (χ0v) is 13.3. The summed E-state index contributed by atoms with van der Waals surface area (Å²) in [7, 11) is 0. The molecule has 0 spiro atoms. The average molecular weight is 365 g/mol. The smallest absolute Gasteiger partial charge is 0.164 e. The molecule has 5 heteroatoms. The maximum Gasteiger partial charge on any atom is 0.164 e. The number of aromatic nitrogens is 2. The van der Waals surface area contributed by atoms with Crippen LogP contribution in [-0.4, -0.2) is 21.5 Å². The van der Waals surface area contributed by atoms with Crippen LogP contribution in [0.4, 0.5) is 0 Å². The van der Waals surface area contributed by atoms with Crippen LogP contribution in [0.2, 0.25) is 0 Å². The minimum atomic E-state index is 0. The number of carbonyl (C=O) groups is 2. The van der Waals surface area contributed by atoms with E-state index >= 15 is 0 Å². The fourth-order valence-corrected chi connectivity index (χ4v) is 3.44. The van der Waals surface area contributed by atoms with Crippen LogP contribution < -0.4 is 0 Å². The van der Waals surface area contributed by atoms with Gasteiger partial charge in [-0.25, -0.2) is 0 Å². The molecule has 22 heavy (non-hydrogen) atoms. The minimum Gasteiger partial charge on any atom is -0.367 e. The Balaban J connectivity index is 0.000000154. The number of H-pyrrole nitrogens is 2. The molecule has 0 aromatic carbocycles. The molecule has 0 fully saturated rings. The summed E-state index contributed by atoms with van der Waals surface area (Å²) in [6.07, 6.45) is 11.0. The molecule has 2 aromatic heterocycles. The predicted molar refractivity (Wildman–Crippen MR) is 90.6 cm³/mol. The van der Waals surface area contributed by atoms with Crippen LogP contribution in [0.3, 0.4) is 0 Å². The van der Waals surface area contributed by atoms with Crippen molar-refractivity contribution >= 4 is 27.5 Å². The van der Waals surface area contributed by atoms with E-state index in [0.29, 0.717) is 12.2 Å². The number of Topliss-reactive ketones (excluding diaryl/α,β-unsaturated/α-hetero) is 2. The minimum absolute atomic E-state index is 0. The number of halogens is 1. The van der Waals surface area contributed by atoms with Gasteiger partial charge in [-0.05, 0) is 52.7 Å². The first-order valence-corrected chi connectivity index (χ1v) is 8.04. The zero-order chi connectivity index (χ0) is 14.8. The van der Waals surface area contributed by atoms with E-state index in [-0.39, 0.29) is 13.2 Å². The summed E-state index contributed by atoms with van der Waals surface area (Å²) in [6.45, 7) is 0. The van der Waals surface area contributed by atoms with E-state index in [0.717, 1.165) is 53.4 Å². The molecular formula is C17H21BrN2O2. The Bertz CT molecular complexity index is 685. The van der Waals surface area contributed by atoms with Gasteiger partial charge >= 0.3 is 0 Å². The molecule has 0 atom stereocenters. The van der Waals surface area contributed by atoms with Gasteiger partial charge in [-0.2, -0.15) is 0 Å². The van der Waals surface area contributed by atoms with Crippen LogP contribution in [-0.2, 0) is 12.8 Å². The monoisotopic (exact) mass is 364 g/mol. The Morgan fingerprint density at radius 1 is 0.864 bits per heavy atom. The molecule has 4 rings (SSSR count). The van der Waals surface area contributed by atoms with Crippen molar-refractivity contribution in [1.82, 2.24) is 9.97 Å². The number of fused-ring (bicyclic) bond motifs is 2. The van der Waals surface area contributed by atoms with Gasteiger partial charge in [0.05, 0.1) is 4.60 Å². The highest BCUT2D eigenvalue weighted by Crippen LogP contribution is 2.27. The number of hydrogen-bond acceptors (Lipinski definition) is 2. The maximum atomic E-state index is 11.3. The second kappa shape index (κ2) is 7.09. The molecule has 0 saturated heterocycles. The Morgan fingerprint density at radius 3 is 2.23 bits per heavy atom. The van der Waals surface area contributed by atoms with E-state index in [9.17, 15) is 9.59 Å². The highest BCUT2D eigenvalue weighted by atomic mass is 79.9. The van der Waals surface area contributed by atoms with Gasteiger partial charge in [-0.15, -0.1) is 0 Å². The molecule has 2 aromatic rings. The molecule has 0 unspecified atom stereocenters. The van der Waals surface area contributed by atoms with E-state index in [2.05, 4.69) is 25.9 Å². The molecule has 2 aliphatic carbocycles. The first kappa shape index (κ1) is 16.7. The molecule has 4 nitrogen and oxygen atoms in total. The third-order valence-electron chi connectivity index (χ3n) is 4.05. The molecule has 0 amide bonds. The van der Waals surface area contributed by atoms with Crippen LogP contribution >= 0.6 is 15.9 Å². The number of aryl methyl sites for hydroxylation is 1. The Hall–Kier alpha value is -1.62. The fraction of sp³-hybridized carbons (Fsp3) is 0.412. The third-order valence-corrected chi connectivity index (χ3v) is 4.75. The molecule has 0 bridgehead atoms. The molecule has 0 aliphatic heterocycles. The summed E-state index contributed by atoms with van der Waals surface area (Å²) in [5.41, 5.74) is 4.13. The van der Waals surface area contributed by atoms with Crippen molar-refractivity contribution in [3.63, 3.8) is 0 Å². The van der Waals surface area contributed by atoms with Crippen molar-refractivity contribution in [2.75, 3.05) is 0 Å². The largest absolute Gasteiger partial charge is 0.367 e. The van der Waals surface area contributed by atoms with Gasteiger partial charge in [0.2, 0.25) is 0 Å². The number of carbonyl (C=O) groups excluding carboxylic acids is 2. The predicted octanol–water partition coefficient (Wildman–Crippen LogP) is 4.47. The van der Waals surface area contributed by atoms with Crippen molar-refractivity contribution in [2.45, 2.75) is 46.0 Å². The van der Waals surface area contributed by atoms with Crippen LogP contribution in [0.15, 0.2) is 23.2 Å². The Morgan fingerprint density at radius 2 is 1.55 bits per heavy atom. The van der Waals surface area contributed by atoms with E-state index in [1.807, 2.05) is 6.20 Å². The van der Waals surface area contributed by atoms with Gasteiger partial charge < -0.3 is 9.97 Å². The second-order valence-electron chi connectivity index (χ2n) is 5.44. The first-order chi connectivity index (χ1) is 10.2. The molecule has 118 valence electrons. The lowest BCUT2D eigenvalue weighted by Crippen LogP contribution is -2.07. The molecule has 0 saturated carbocycles. The molecule has 2 heterocycles. The molecule has 2 aliphatic rings. The number of ketones is 2. The van der Waals surface area contributed by atoms with Crippen LogP contribution in [0.5, 0.6) is 0 Å². The summed E-state index contributed by atoms with van der Waals surface area (Å²) >= 11 is 3.37. The van der Waals surface area contributed by atoms with Gasteiger partial charge in [0, 0.05) is 42.6 Å². The molecule has 0 radical (unpaired) electrons. The lowest BCUT2D eigenvalue weighted by molar-refractivity contribution is 0.0965. The summed E-state index contributed by atoms with van der Waals surface area (Å²) < 4.78 is 0.973. The average Bonchev–Trinajstić information content (AvgIpc) is 3.09. The lowest BCUT2D eigenvalue weighted by Gasteiger charge is -2.08. The highest BCUT2D eigenvalue weighted by Gasteiger charge is 2.20. The van der Waals surface area contributed by atoms with Crippen LogP contribution in [0.25, 0.3) is 0 Å². The molecular weight excluding hydrogens is 344 g/mol. The highest BCUT2D eigenvalue weighted by molar-refractivity contribution is 9.10. The summed E-state index contributed by atoms with van der Waals surface area (Å²) in [5.74, 6) is 0.565. The number of aromatic amines is 2.